The Kier molecular flexibility index (Phi) is 8.10. The van der Waals surface area contributed by atoms with Gasteiger partial charge in [-0.25, -0.2) is 0 Å². The van der Waals surface area contributed by atoms with E-state index in [1.165, 1.54) is 18.4 Å². The van der Waals surface area contributed by atoms with Crippen molar-refractivity contribution in [3.8, 4) is 0 Å². The molecule has 29 heavy (non-hydrogen) atoms. The number of likely N-dealkylation sites (tertiary alicyclic amines) is 2. The number of amides is 2. The summed E-state index contributed by atoms with van der Waals surface area (Å²) in [5.74, 6) is 0.868. The molecule has 0 aromatic heterocycles. The van der Waals surface area contributed by atoms with Gasteiger partial charge in [0.2, 0.25) is 11.8 Å². The Balaban J connectivity index is 1.42. The number of nitrogens with zero attached hydrogens (tertiary/aromatic N) is 2. The third-order valence-electron chi connectivity index (χ3n) is 6.67. The van der Waals surface area contributed by atoms with Gasteiger partial charge in [-0.05, 0) is 57.2 Å². The molecule has 2 fully saturated rings. The number of nitrogens with one attached hydrogen (secondary N) is 1. The van der Waals surface area contributed by atoms with Crippen LogP contribution in [0.1, 0.15) is 63.9 Å². The Labute approximate surface area is 175 Å². The van der Waals surface area contributed by atoms with E-state index >= 15 is 0 Å². The van der Waals surface area contributed by atoms with Crippen LogP contribution in [0.25, 0.3) is 0 Å². The summed E-state index contributed by atoms with van der Waals surface area (Å²) in [6.45, 7) is 8.28. The lowest BCUT2D eigenvalue weighted by molar-refractivity contribution is -0.137. The largest absolute Gasteiger partial charge is 0.354 e. The molecule has 0 radical (unpaired) electrons. The molecule has 1 N–H and O–H groups in total. The number of hydrogen-bond acceptors (Lipinski definition) is 3. The molecular formula is C24H37N3O2. The van der Waals surface area contributed by atoms with E-state index in [-0.39, 0.29) is 17.9 Å². The number of carbonyl (C=O) groups is 2. The molecule has 0 spiro atoms. The van der Waals surface area contributed by atoms with Crippen LogP contribution in [0.3, 0.4) is 0 Å². The Morgan fingerprint density at radius 3 is 2.21 bits per heavy atom. The predicted octanol–water partition coefficient (Wildman–Crippen LogP) is 3.41. The van der Waals surface area contributed by atoms with Crippen LogP contribution in [0.2, 0.25) is 0 Å². The normalized spacial score (nSPS) is 21.2. The van der Waals surface area contributed by atoms with Crippen LogP contribution in [0.4, 0.5) is 0 Å². The van der Waals surface area contributed by atoms with E-state index in [0.29, 0.717) is 18.4 Å². The molecule has 2 aliphatic rings. The molecule has 0 bridgehead atoms. The van der Waals surface area contributed by atoms with E-state index in [9.17, 15) is 9.59 Å². The van der Waals surface area contributed by atoms with Crippen molar-refractivity contribution in [2.45, 2.75) is 64.3 Å². The highest BCUT2D eigenvalue weighted by Gasteiger charge is 2.32. The minimum absolute atomic E-state index is 0.0880. The first-order valence-corrected chi connectivity index (χ1v) is 11.4. The van der Waals surface area contributed by atoms with Gasteiger partial charge in [-0.2, -0.15) is 0 Å². The van der Waals surface area contributed by atoms with E-state index in [4.69, 9.17) is 0 Å². The molecular weight excluding hydrogens is 362 g/mol. The quantitative estimate of drug-likeness (QED) is 0.798. The molecule has 5 heteroatoms. The topological polar surface area (TPSA) is 52.7 Å². The first-order chi connectivity index (χ1) is 14.1. The molecule has 2 heterocycles. The van der Waals surface area contributed by atoms with Crippen LogP contribution >= 0.6 is 0 Å². The minimum Gasteiger partial charge on any atom is -0.354 e. The fraction of sp³-hybridized carbons (Fsp3) is 0.667. The molecule has 2 aliphatic heterocycles. The highest BCUT2D eigenvalue weighted by atomic mass is 16.2. The summed E-state index contributed by atoms with van der Waals surface area (Å²) in [7, 11) is 0. The van der Waals surface area contributed by atoms with Crippen LogP contribution in [0.5, 0.6) is 0 Å². The Hall–Kier alpha value is -1.88. The second kappa shape index (κ2) is 10.8. The summed E-state index contributed by atoms with van der Waals surface area (Å²) < 4.78 is 0. The average molecular weight is 400 g/mol. The van der Waals surface area contributed by atoms with Gasteiger partial charge in [0, 0.05) is 25.6 Å². The Morgan fingerprint density at radius 1 is 0.966 bits per heavy atom. The van der Waals surface area contributed by atoms with Crippen LogP contribution < -0.4 is 5.32 Å². The van der Waals surface area contributed by atoms with Gasteiger partial charge in [0.1, 0.15) is 0 Å². The summed E-state index contributed by atoms with van der Waals surface area (Å²) >= 11 is 0. The SMILES string of the molecule is CC(CNC(=O)C(C)N1CCC(C(=O)N2CCCCCC2)CC1)c1ccccc1. The highest BCUT2D eigenvalue weighted by Crippen LogP contribution is 2.23. The van der Waals surface area contributed by atoms with Crippen molar-refractivity contribution < 1.29 is 9.59 Å². The lowest BCUT2D eigenvalue weighted by atomic mass is 9.94. The van der Waals surface area contributed by atoms with Gasteiger partial charge < -0.3 is 10.2 Å². The third-order valence-corrected chi connectivity index (χ3v) is 6.67. The summed E-state index contributed by atoms with van der Waals surface area (Å²) in [6.07, 6.45) is 6.52. The minimum atomic E-state index is -0.146. The van der Waals surface area contributed by atoms with Crippen molar-refractivity contribution in [1.82, 2.24) is 15.1 Å². The second-order valence-electron chi connectivity index (χ2n) is 8.78. The average Bonchev–Trinajstić information content (AvgIpc) is 3.06. The predicted molar refractivity (Wildman–Crippen MR) is 117 cm³/mol. The molecule has 0 aliphatic carbocycles. The number of hydrogen-bond donors (Lipinski definition) is 1. The smallest absolute Gasteiger partial charge is 0.237 e. The Bertz CT molecular complexity index is 647. The summed E-state index contributed by atoms with van der Waals surface area (Å²) in [5.41, 5.74) is 1.24. The molecule has 2 saturated heterocycles. The van der Waals surface area contributed by atoms with Gasteiger partial charge in [0.15, 0.2) is 0 Å². The van der Waals surface area contributed by atoms with Crippen molar-refractivity contribution >= 4 is 11.8 Å². The van der Waals surface area contributed by atoms with Crippen LogP contribution in [-0.4, -0.2) is 60.4 Å². The zero-order valence-electron chi connectivity index (χ0n) is 18.1. The van der Waals surface area contributed by atoms with Crippen molar-refractivity contribution in [3.63, 3.8) is 0 Å². The van der Waals surface area contributed by atoms with E-state index in [0.717, 1.165) is 51.9 Å². The lowest BCUT2D eigenvalue weighted by Crippen LogP contribution is -2.50. The van der Waals surface area contributed by atoms with Gasteiger partial charge in [-0.15, -0.1) is 0 Å². The molecule has 160 valence electrons. The monoisotopic (exact) mass is 399 g/mol. The highest BCUT2D eigenvalue weighted by molar-refractivity contribution is 5.81. The Morgan fingerprint density at radius 2 is 1.59 bits per heavy atom. The van der Waals surface area contributed by atoms with E-state index in [2.05, 4.69) is 34.2 Å². The van der Waals surface area contributed by atoms with Crippen molar-refractivity contribution in [3.05, 3.63) is 35.9 Å². The molecule has 2 unspecified atom stereocenters. The zero-order chi connectivity index (χ0) is 20.6. The number of piperidine rings is 1. The zero-order valence-corrected chi connectivity index (χ0v) is 18.1. The first kappa shape index (κ1) is 21.8. The van der Waals surface area contributed by atoms with Gasteiger partial charge >= 0.3 is 0 Å². The van der Waals surface area contributed by atoms with Crippen LogP contribution in [-0.2, 0) is 9.59 Å². The summed E-state index contributed by atoms with van der Waals surface area (Å²) in [4.78, 5) is 29.8. The summed E-state index contributed by atoms with van der Waals surface area (Å²) in [5, 5.41) is 3.11. The maximum atomic E-state index is 12.9. The lowest BCUT2D eigenvalue weighted by Gasteiger charge is -2.36. The molecule has 1 aromatic carbocycles. The molecule has 2 atom stereocenters. The fourth-order valence-electron chi connectivity index (χ4n) is 4.55. The number of rotatable bonds is 6. The van der Waals surface area contributed by atoms with E-state index in [1.807, 2.05) is 25.1 Å². The van der Waals surface area contributed by atoms with Crippen molar-refractivity contribution in [1.29, 1.82) is 0 Å². The molecule has 2 amide bonds. The third kappa shape index (κ3) is 6.05. The van der Waals surface area contributed by atoms with Crippen molar-refractivity contribution in [2.75, 3.05) is 32.7 Å². The van der Waals surface area contributed by atoms with Gasteiger partial charge in [0.25, 0.3) is 0 Å². The molecule has 3 rings (SSSR count). The maximum Gasteiger partial charge on any atom is 0.237 e. The van der Waals surface area contributed by atoms with Crippen LogP contribution in [0, 0.1) is 5.92 Å². The summed E-state index contributed by atoms with van der Waals surface area (Å²) in [6, 6.07) is 10.1. The molecule has 0 saturated carbocycles. The van der Waals surface area contributed by atoms with Gasteiger partial charge in [-0.1, -0.05) is 50.1 Å². The first-order valence-electron chi connectivity index (χ1n) is 11.4. The maximum absolute atomic E-state index is 12.9. The molecule has 5 nitrogen and oxygen atoms in total. The number of carbonyl (C=O) groups excluding carboxylic acids is 2. The molecule has 1 aromatic rings. The fourth-order valence-corrected chi connectivity index (χ4v) is 4.55. The van der Waals surface area contributed by atoms with Crippen LogP contribution in [0.15, 0.2) is 30.3 Å². The van der Waals surface area contributed by atoms with Crippen molar-refractivity contribution in [2.24, 2.45) is 5.92 Å². The standard InChI is InChI=1S/C24H37N3O2/c1-19(21-10-6-5-7-11-21)18-25-23(28)20(2)26-16-12-22(13-17-26)24(29)27-14-8-3-4-9-15-27/h5-7,10-11,19-20,22H,3-4,8-9,12-18H2,1-2H3,(H,25,28). The van der Waals surface area contributed by atoms with E-state index in [1.54, 1.807) is 0 Å². The van der Waals surface area contributed by atoms with Gasteiger partial charge in [0.05, 0.1) is 6.04 Å². The van der Waals surface area contributed by atoms with Gasteiger partial charge in [-0.3, -0.25) is 14.5 Å². The van der Waals surface area contributed by atoms with E-state index < -0.39 is 0 Å². The second-order valence-corrected chi connectivity index (χ2v) is 8.78. The number of benzene rings is 1.